The van der Waals surface area contributed by atoms with Gasteiger partial charge in [-0.25, -0.2) is 4.79 Å². The van der Waals surface area contributed by atoms with E-state index in [1.165, 1.54) is 0 Å². The van der Waals surface area contributed by atoms with E-state index in [1.54, 1.807) is 0 Å². The van der Waals surface area contributed by atoms with Crippen molar-refractivity contribution in [2.24, 2.45) is 5.73 Å². The molecular weight excluding hydrogens is 226 g/mol. The maximum Gasteiger partial charge on any atom is 0.326 e. The van der Waals surface area contributed by atoms with Crippen molar-refractivity contribution >= 4 is 17.8 Å². The molecule has 0 radical (unpaired) electrons. The number of piperidine rings is 1. The van der Waals surface area contributed by atoms with Gasteiger partial charge in [0.1, 0.15) is 6.04 Å². The summed E-state index contributed by atoms with van der Waals surface area (Å²) in [6.07, 6.45) is 2.22. The molecule has 5 N–H and O–H groups in total. The van der Waals surface area contributed by atoms with Crippen LogP contribution in [0, 0.1) is 0 Å². The Morgan fingerprint density at radius 2 is 2.12 bits per heavy atom. The number of rotatable bonds is 5. The second-order valence-electron chi connectivity index (χ2n) is 4.07. The smallest absolute Gasteiger partial charge is 0.326 e. The third kappa shape index (κ3) is 4.39. The van der Waals surface area contributed by atoms with E-state index in [0.29, 0.717) is 6.42 Å². The van der Waals surface area contributed by atoms with Crippen molar-refractivity contribution in [2.75, 3.05) is 6.54 Å². The molecule has 0 saturated carbocycles. The van der Waals surface area contributed by atoms with Gasteiger partial charge in [0.15, 0.2) is 0 Å². The van der Waals surface area contributed by atoms with E-state index in [2.05, 4.69) is 10.6 Å². The molecule has 0 spiro atoms. The van der Waals surface area contributed by atoms with Crippen LogP contribution in [0.3, 0.4) is 0 Å². The fourth-order valence-corrected chi connectivity index (χ4v) is 1.75. The van der Waals surface area contributed by atoms with E-state index in [9.17, 15) is 14.4 Å². The zero-order chi connectivity index (χ0) is 12.8. The summed E-state index contributed by atoms with van der Waals surface area (Å²) < 4.78 is 0. The lowest BCUT2D eigenvalue weighted by Gasteiger charge is -2.24. The lowest BCUT2D eigenvalue weighted by atomic mass is 10.0. The summed E-state index contributed by atoms with van der Waals surface area (Å²) in [5.74, 6) is -2.40. The van der Waals surface area contributed by atoms with Gasteiger partial charge >= 0.3 is 5.97 Å². The molecule has 7 nitrogen and oxygen atoms in total. The van der Waals surface area contributed by atoms with Crippen molar-refractivity contribution in [2.45, 2.75) is 37.8 Å². The van der Waals surface area contributed by atoms with E-state index < -0.39 is 30.2 Å². The van der Waals surface area contributed by atoms with Gasteiger partial charge in [0.2, 0.25) is 11.8 Å². The summed E-state index contributed by atoms with van der Waals surface area (Å²) >= 11 is 0. The van der Waals surface area contributed by atoms with Gasteiger partial charge in [-0.05, 0) is 19.4 Å². The summed E-state index contributed by atoms with van der Waals surface area (Å²) in [7, 11) is 0. The molecule has 0 aromatic heterocycles. The molecule has 0 aliphatic carbocycles. The Labute approximate surface area is 98.7 Å². The van der Waals surface area contributed by atoms with E-state index in [0.717, 1.165) is 19.4 Å². The summed E-state index contributed by atoms with van der Waals surface area (Å²) in [5, 5.41) is 14.1. The molecule has 1 rings (SSSR count). The first kappa shape index (κ1) is 13.4. The van der Waals surface area contributed by atoms with Crippen LogP contribution in [0.5, 0.6) is 0 Å². The number of primary amides is 1. The van der Waals surface area contributed by atoms with Crippen LogP contribution in [-0.2, 0) is 14.4 Å². The zero-order valence-electron chi connectivity index (χ0n) is 9.44. The normalized spacial score (nSPS) is 21.5. The maximum atomic E-state index is 11.7. The fourth-order valence-electron chi connectivity index (χ4n) is 1.75. The van der Waals surface area contributed by atoms with Crippen LogP contribution < -0.4 is 16.4 Å². The lowest BCUT2D eigenvalue weighted by molar-refractivity contribution is -0.143. The average molecular weight is 243 g/mol. The Kier molecular flexibility index (Phi) is 4.89. The molecular formula is C10H17N3O4. The lowest BCUT2D eigenvalue weighted by Crippen LogP contribution is -2.52. The third-order valence-corrected chi connectivity index (χ3v) is 2.65. The second-order valence-corrected chi connectivity index (χ2v) is 4.07. The van der Waals surface area contributed by atoms with Crippen molar-refractivity contribution in [1.29, 1.82) is 0 Å². The number of carbonyl (C=O) groups is 3. The summed E-state index contributed by atoms with van der Waals surface area (Å²) in [5.41, 5.74) is 4.92. The number of hydrogen-bond acceptors (Lipinski definition) is 4. The first-order valence-electron chi connectivity index (χ1n) is 5.55. The van der Waals surface area contributed by atoms with Gasteiger partial charge in [0, 0.05) is 0 Å². The number of hydrogen-bond donors (Lipinski definition) is 4. The van der Waals surface area contributed by atoms with Crippen molar-refractivity contribution < 1.29 is 19.5 Å². The number of carboxylic acid groups (broad SMARTS) is 1. The predicted molar refractivity (Wildman–Crippen MR) is 59.0 cm³/mol. The number of nitrogens with one attached hydrogen (secondary N) is 2. The molecule has 1 unspecified atom stereocenters. The molecule has 2 amide bonds. The number of nitrogens with two attached hydrogens (primary N) is 1. The molecule has 0 bridgehead atoms. The molecule has 0 aromatic rings. The first-order chi connectivity index (χ1) is 8.00. The average Bonchev–Trinajstić information content (AvgIpc) is 2.28. The van der Waals surface area contributed by atoms with Gasteiger partial charge in [-0.2, -0.15) is 0 Å². The first-order valence-corrected chi connectivity index (χ1v) is 5.55. The van der Waals surface area contributed by atoms with Gasteiger partial charge in [-0.1, -0.05) is 6.42 Å². The molecule has 1 saturated heterocycles. The second kappa shape index (κ2) is 6.19. The monoisotopic (exact) mass is 243 g/mol. The zero-order valence-corrected chi connectivity index (χ0v) is 9.44. The molecule has 0 aromatic carbocycles. The van der Waals surface area contributed by atoms with Crippen LogP contribution in [0.15, 0.2) is 0 Å². The Bertz CT molecular complexity index is 313. The van der Waals surface area contributed by atoms with Crippen LogP contribution in [0.25, 0.3) is 0 Å². The fraction of sp³-hybridized carbons (Fsp3) is 0.700. The molecule has 17 heavy (non-hydrogen) atoms. The van der Waals surface area contributed by atoms with Crippen LogP contribution in [0.2, 0.25) is 0 Å². The Morgan fingerprint density at radius 3 is 2.59 bits per heavy atom. The number of carbonyl (C=O) groups excluding carboxylic acids is 2. The quantitative estimate of drug-likeness (QED) is 0.472. The van der Waals surface area contributed by atoms with Crippen molar-refractivity contribution in [3.63, 3.8) is 0 Å². The van der Waals surface area contributed by atoms with Gasteiger partial charge in [0.05, 0.1) is 12.5 Å². The molecule has 2 atom stereocenters. The van der Waals surface area contributed by atoms with Crippen molar-refractivity contribution in [3.05, 3.63) is 0 Å². The van der Waals surface area contributed by atoms with E-state index >= 15 is 0 Å². The predicted octanol–water partition coefficient (Wildman–Crippen LogP) is -1.43. The standard InChI is InChI=1S/C10H17N3O4/c11-8(14)5-7(10(16)17)13-9(15)6-3-1-2-4-12-6/h6-7,12H,1-5H2,(H2,11,14)(H,13,15)(H,16,17)/t6-,7?/m1/s1. The maximum absolute atomic E-state index is 11.7. The number of amides is 2. The molecule has 7 heteroatoms. The Balaban J connectivity index is 2.50. The number of aliphatic carboxylic acids is 1. The third-order valence-electron chi connectivity index (χ3n) is 2.65. The molecule has 1 aliphatic rings. The molecule has 1 fully saturated rings. The Morgan fingerprint density at radius 1 is 1.41 bits per heavy atom. The van der Waals surface area contributed by atoms with E-state index in [1.807, 2.05) is 0 Å². The summed E-state index contributed by atoms with van der Waals surface area (Å²) in [6, 6.07) is -1.62. The van der Waals surface area contributed by atoms with Gasteiger partial charge < -0.3 is 21.5 Å². The number of carboxylic acids is 1. The topological polar surface area (TPSA) is 122 Å². The summed E-state index contributed by atoms with van der Waals surface area (Å²) in [4.78, 5) is 33.2. The summed E-state index contributed by atoms with van der Waals surface area (Å²) in [6.45, 7) is 0.742. The highest BCUT2D eigenvalue weighted by molar-refractivity contribution is 5.90. The SMILES string of the molecule is NC(=O)CC(NC(=O)[C@H]1CCCCN1)C(=O)O. The minimum Gasteiger partial charge on any atom is -0.480 e. The highest BCUT2D eigenvalue weighted by Gasteiger charge is 2.27. The van der Waals surface area contributed by atoms with Gasteiger partial charge in [-0.15, -0.1) is 0 Å². The van der Waals surface area contributed by atoms with E-state index in [-0.39, 0.29) is 6.04 Å². The van der Waals surface area contributed by atoms with Gasteiger partial charge in [-0.3, -0.25) is 9.59 Å². The molecule has 1 aliphatic heterocycles. The minimum absolute atomic E-state index is 0.376. The highest BCUT2D eigenvalue weighted by atomic mass is 16.4. The molecule has 96 valence electrons. The van der Waals surface area contributed by atoms with Gasteiger partial charge in [0.25, 0.3) is 0 Å². The highest BCUT2D eigenvalue weighted by Crippen LogP contribution is 2.07. The van der Waals surface area contributed by atoms with E-state index in [4.69, 9.17) is 10.8 Å². The molecule has 1 heterocycles. The largest absolute Gasteiger partial charge is 0.480 e. The van der Waals surface area contributed by atoms with Crippen molar-refractivity contribution in [3.8, 4) is 0 Å². The van der Waals surface area contributed by atoms with Crippen LogP contribution in [0.1, 0.15) is 25.7 Å². The minimum atomic E-state index is -1.26. The Hall–Kier alpha value is -1.63. The van der Waals surface area contributed by atoms with Crippen LogP contribution in [-0.4, -0.2) is 41.5 Å². The van der Waals surface area contributed by atoms with Crippen molar-refractivity contribution in [1.82, 2.24) is 10.6 Å². The van der Waals surface area contributed by atoms with Crippen LogP contribution in [0.4, 0.5) is 0 Å². The van der Waals surface area contributed by atoms with Crippen LogP contribution >= 0.6 is 0 Å².